The molecule has 1 aliphatic rings. The van der Waals surface area contributed by atoms with Crippen LogP contribution in [0.25, 0.3) is 0 Å². The second kappa shape index (κ2) is 9.12. The number of aliphatic carboxylic acids is 1. The summed E-state index contributed by atoms with van der Waals surface area (Å²) in [5.41, 5.74) is 0.859. The third kappa shape index (κ3) is 5.52. The molecule has 1 aromatic rings. The predicted molar refractivity (Wildman–Crippen MR) is 90.4 cm³/mol. The van der Waals surface area contributed by atoms with Crippen molar-refractivity contribution in [3.63, 3.8) is 0 Å². The number of alkyl halides is 3. The van der Waals surface area contributed by atoms with Crippen molar-refractivity contribution in [1.82, 2.24) is 4.90 Å². The van der Waals surface area contributed by atoms with Gasteiger partial charge in [0.05, 0.1) is 18.4 Å². The van der Waals surface area contributed by atoms with E-state index in [1.807, 2.05) is 6.92 Å². The van der Waals surface area contributed by atoms with E-state index in [2.05, 4.69) is 0 Å². The Balaban J connectivity index is 0.00000338. The van der Waals surface area contributed by atoms with Gasteiger partial charge in [0.15, 0.2) is 0 Å². The first-order valence-electron chi connectivity index (χ1n) is 8.01. The van der Waals surface area contributed by atoms with Crippen molar-refractivity contribution >= 4 is 24.3 Å². The standard InChI is InChI=1S/C17H20F3NO4.ClH/c1-2-25-12-6-3-11(4-7-12)5-8-15(22)21-9-13(16(23)24)14(10-21)17(18,19)20;/h3-4,6-7,13-14H,2,5,8-10H2,1H3,(H,23,24);1H/t13-,14-;/m1./s1. The fourth-order valence-corrected chi connectivity index (χ4v) is 2.92. The molecule has 0 saturated carbocycles. The Morgan fingerprint density at radius 3 is 2.31 bits per heavy atom. The number of carboxylic acids is 1. The van der Waals surface area contributed by atoms with Gasteiger partial charge in [-0.1, -0.05) is 12.1 Å². The van der Waals surface area contributed by atoms with Gasteiger partial charge in [0.1, 0.15) is 5.75 Å². The zero-order chi connectivity index (χ0) is 18.6. The fraction of sp³-hybridized carbons (Fsp3) is 0.529. The molecule has 2 rings (SSSR count). The Labute approximate surface area is 155 Å². The first kappa shape index (κ1) is 22.1. The minimum Gasteiger partial charge on any atom is -0.494 e. The first-order valence-corrected chi connectivity index (χ1v) is 8.01. The lowest BCUT2D eigenvalue weighted by Gasteiger charge is -2.18. The van der Waals surface area contributed by atoms with Gasteiger partial charge in [0.2, 0.25) is 5.91 Å². The molecule has 9 heteroatoms. The molecule has 146 valence electrons. The number of amides is 1. The van der Waals surface area contributed by atoms with Crippen LogP contribution in [-0.2, 0) is 16.0 Å². The molecular weight excluding hydrogens is 375 g/mol. The van der Waals surface area contributed by atoms with Crippen LogP contribution in [0.2, 0.25) is 0 Å². The average molecular weight is 396 g/mol. The van der Waals surface area contributed by atoms with E-state index in [0.29, 0.717) is 18.8 Å². The van der Waals surface area contributed by atoms with Crippen molar-refractivity contribution in [2.45, 2.75) is 25.9 Å². The first-order chi connectivity index (χ1) is 11.7. The molecule has 0 unspecified atom stereocenters. The van der Waals surface area contributed by atoms with Crippen LogP contribution in [0.4, 0.5) is 13.2 Å². The summed E-state index contributed by atoms with van der Waals surface area (Å²) in [5, 5.41) is 8.97. The van der Waals surface area contributed by atoms with Crippen LogP contribution in [0.3, 0.4) is 0 Å². The van der Waals surface area contributed by atoms with Gasteiger partial charge in [-0.05, 0) is 31.0 Å². The van der Waals surface area contributed by atoms with Crippen LogP contribution in [-0.4, -0.2) is 47.8 Å². The molecule has 0 aliphatic carbocycles. The van der Waals surface area contributed by atoms with Crippen molar-refractivity contribution in [3.8, 4) is 5.75 Å². The van der Waals surface area contributed by atoms with Crippen LogP contribution in [0.5, 0.6) is 5.75 Å². The van der Waals surface area contributed by atoms with Crippen LogP contribution in [0, 0.1) is 11.8 Å². The number of nitrogens with zero attached hydrogens (tertiary/aromatic N) is 1. The summed E-state index contributed by atoms with van der Waals surface area (Å²) in [7, 11) is 0. The predicted octanol–water partition coefficient (Wildman–Crippen LogP) is 3.16. The molecule has 0 spiro atoms. The summed E-state index contributed by atoms with van der Waals surface area (Å²) in [6.45, 7) is 1.41. The number of aryl methyl sites for hydroxylation is 1. The van der Waals surface area contributed by atoms with E-state index in [0.717, 1.165) is 10.5 Å². The minimum absolute atomic E-state index is 0. The van der Waals surface area contributed by atoms with E-state index >= 15 is 0 Å². The maximum absolute atomic E-state index is 12.9. The molecule has 0 bridgehead atoms. The van der Waals surface area contributed by atoms with Crippen LogP contribution in [0.1, 0.15) is 18.9 Å². The maximum Gasteiger partial charge on any atom is 0.394 e. The summed E-state index contributed by atoms with van der Waals surface area (Å²) in [6, 6.07) is 7.11. The number of rotatable bonds is 6. The van der Waals surface area contributed by atoms with Crippen molar-refractivity contribution < 1.29 is 32.6 Å². The lowest BCUT2D eigenvalue weighted by atomic mass is 9.96. The summed E-state index contributed by atoms with van der Waals surface area (Å²) >= 11 is 0. The largest absolute Gasteiger partial charge is 0.494 e. The number of ether oxygens (including phenoxy) is 1. The van der Waals surface area contributed by atoms with Gasteiger partial charge in [-0.25, -0.2) is 0 Å². The van der Waals surface area contributed by atoms with E-state index in [4.69, 9.17) is 9.84 Å². The van der Waals surface area contributed by atoms with Crippen molar-refractivity contribution in [2.75, 3.05) is 19.7 Å². The highest BCUT2D eigenvalue weighted by atomic mass is 35.5. The topological polar surface area (TPSA) is 66.8 Å². The van der Waals surface area contributed by atoms with Gasteiger partial charge in [0, 0.05) is 19.5 Å². The Hall–Kier alpha value is -1.96. The van der Waals surface area contributed by atoms with E-state index < -0.39 is 43.0 Å². The summed E-state index contributed by atoms with van der Waals surface area (Å²) in [4.78, 5) is 24.2. The Morgan fingerprint density at radius 2 is 1.85 bits per heavy atom. The zero-order valence-corrected chi connectivity index (χ0v) is 15.0. The summed E-state index contributed by atoms with van der Waals surface area (Å²) < 4.78 is 44.1. The third-order valence-corrected chi connectivity index (χ3v) is 4.27. The number of benzene rings is 1. The van der Waals surface area contributed by atoms with Gasteiger partial charge < -0.3 is 14.7 Å². The summed E-state index contributed by atoms with van der Waals surface area (Å²) in [6.07, 6.45) is -4.23. The van der Waals surface area contributed by atoms with Crippen molar-refractivity contribution in [2.24, 2.45) is 11.8 Å². The van der Waals surface area contributed by atoms with E-state index in [9.17, 15) is 22.8 Å². The van der Waals surface area contributed by atoms with Gasteiger partial charge in [0.25, 0.3) is 0 Å². The molecule has 26 heavy (non-hydrogen) atoms. The number of hydrogen-bond donors (Lipinski definition) is 1. The molecule has 1 fully saturated rings. The smallest absolute Gasteiger partial charge is 0.394 e. The third-order valence-electron chi connectivity index (χ3n) is 4.27. The molecule has 5 nitrogen and oxygen atoms in total. The monoisotopic (exact) mass is 395 g/mol. The second-order valence-corrected chi connectivity index (χ2v) is 5.97. The second-order valence-electron chi connectivity index (χ2n) is 5.97. The molecule has 0 radical (unpaired) electrons. The van der Waals surface area contributed by atoms with E-state index in [1.165, 1.54) is 0 Å². The van der Waals surface area contributed by atoms with Crippen LogP contribution < -0.4 is 4.74 Å². The zero-order valence-electron chi connectivity index (χ0n) is 14.2. The molecule has 1 N–H and O–H groups in total. The molecule has 0 aromatic heterocycles. The average Bonchev–Trinajstić information content (AvgIpc) is 3.00. The maximum atomic E-state index is 12.9. The van der Waals surface area contributed by atoms with Gasteiger partial charge >= 0.3 is 12.1 Å². The molecule has 1 aliphatic heterocycles. The van der Waals surface area contributed by atoms with Crippen LogP contribution in [0.15, 0.2) is 24.3 Å². The molecule has 1 amide bonds. The number of likely N-dealkylation sites (tertiary alicyclic amines) is 1. The number of carbonyl (C=O) groups excluding carboxylic acids is 1. The van der Waals surface area contributed by atoms with Gasteiger partial charge in [-0.15, -0.1) is 12.4 Å². The van der Waals surface area contributed by atoms with Crippen LogP contribution >= 0.6 is 12.4 Å². The molecule has 1 aromatic carbocycles. The molecular formula is C17H21ClF3NO4. The highest BCUT2D eigenvalue weighted by Gasteiger charge is 2.53. The number of carbonyl (C=O) groups is 2. The molecule has 2 atom stereocenters. The normalized spacial score (nSPS) is 19.8. The lowest BCUT2D eigenvalue weighted by molar-refractivity contribution is -0.188. The molecule has 1 heterocycles. The number of carboxylic acid groups (broad SMARTS) is 1. The van der Waals surface area contributed by atoms with E-state index in [-0.39, 0.29) is 18.8 Å². The fourth-order valence-electron chi connectivity index (χ4n) is 2.92. The number of halogens is 4. The quantitative estimate of drug-likeness (QED) is 0.803. The minimum atomic E-state index is -4.63. The Morgan fingerprint density at radius 1 is 1.23 bits per heavy atom. The SMILES string of the molecule is CCOc1ccc(CCC(=O)N2C[C@@H](C(F)(F)F)[C@H](C(=O)O)C2)cc1.Cl. The Bertz CT molecular complexity index is 621. The number of hydrogen-bond acceptors (Lipinski definition) is 3. The highest BCUT2D eigenvalue weighted by molar-refractivity contribution is 5.85. The van der Waals surface area contributed by atoms with E-state index in [1.54, 1.807) is 24.3 Å². The summed E-state index contributed by atoms with van der Waals surface area (Å²) in [5.74, 6) is -4.90. The highest BCUT2D eigenvalue weighted by Crippen LogP contribution is 2.37. The van der Waals surface area contributed by atoms with Gasteiger partial charge in [-0.2, -0.15) is 13.2 Å². The lowest BCUT2D eigenvalue weighted by Crippen LogP contribution is -2.34. The van der Waals surface area contributed by atoms with Crippen molar-refractivity contribution in [3.05, 3.63) is 29.8 Å². The van der Waals surface area contributed by atoms with Crippen molar-refractivity contribution in [1.29, 1.82) is 0 Å². The molecule has 1 saturated heterocycles. The van der Waals surface area contributed by atoms with Gasteiger partial charge in [-0.3, -0.25) is 9.59 Å². The Kier molecular flexibility index (Phi) is 7.74.